The number of ether oxygens (including phenoxy) is 1. The van der Waals surface area contributed by atoms with Crippen molar-refractivity contribution < 1.29 is 9.13 Å². The molecule has 0 saturated carbocycles. The first-order valence-electron chi connectivity index (χ1n) is 7.46. The summed E-state index contributed by atoms with van der Waals surface area (Å²) in [6, 6.07) is 3.37. The minimum absolute atomic E-state index is 0.219. The van der Waals surface area contributed by atoms with Gasteiger partial charge < -0.3 is 9.30 Å². The van der Waals surface area contributed by atoms with Crippen LogP contribution in [0, 0.1) is 18.7 Å². The Morgan fingerprint density at radius 1 is 1.48 bits per heavy atom. The van der Waals surface area contributed by atoms with Crippen molar-refractivity contribution in [2.45, 2.75) is 45.2 Å². The summed E-state index contributed by atoms with van der Waals surface area (Å²) in [4.78, 5) is 4.48. The molecule has 1 aromatic heterocycles. The van der Waals surface area contributed by atoms with Crippen molar-refractivity contribution >= 4 is 22.6 Å². The van der Waals surface area contributed by atoms with Crippen molar-refractivity contribution in [3.05, 3.63) is 29.3 Å². The number of nitrogens with zero attached hydrogens (tertiary/aromatic N) is 2. The number of benzene rings is 1. The van der Waals surface area contributed by atoms with E-state index in [9.17, 15) is 4.39 Å². The summed E-state index contributed by atoms with van der Waals surface area (Å²) in [5, 5.41) is 0. The summed E-state index contributed by atoms with van der Waals surface area (Å²) in [5.74, 6) is 1.39. The van der Waals surface area contributed by atoms with Crippen LogP contribution in [-0.2, 0) is 17.2 Å². The molecule has 1 aromatic carbocycles. The molecule has 2 heterocycles. The number of hydrogen-bond acceptors (Lipinski definition) is 2. The molecule has 0 radical (unpaired) electrons. The fourth-order valence-electron chi connectivity index (χ4n) is 3.19. The van der Waals surface area contributed by atoms with Crippen LogP contribution in [0.3, 0.4) is 0 Å². The second-order valence-corrected chi connectivity index (χ2v) is 6.00. The first-order valence-corrected chi connectivity index (χ1v) is 8.00. The van der Waals surface area contributed by atoms with Crippen molar-refractivity contribution in [2.75, 3.05) is 6.61 Å². The van der Waals surface area contributed by atoms with Gasteiger partial charge in [0.25, 0.3) is 0 Å². The minimum Gasteiger partial charge on any atom is -0.378 e. The molecule has 0 amide bonds. The third-order valence-electron chi connectivity index (χ3n) is 4.39. The second kappa shape index (κ2) is 5.93. The minimum atomic E-state index is -0.219. The molecule has 1 saturated heterocycles. The molecular formula is C16H20ClFN2O. The molecule has 0 spiro atoms. The molecule has 114 valence electrons. The molecule has 2 unspecified atom stereocenters. The third-order valence-corrected chi connectivity index (χ3v) is 4.63. The van der Waals surface area contributed by atoms with E-state index in [1.165, 1.54) is 6.07 Å². The number of rotatable bonds is 4. The van der Waals surface area contributed by atoms with Crippen LogP contribution < -0.4 is 0 Å². The highest BCUT2D eigenvalue weighted by Crippen LogP contribution is 2.28. The van der Waals surface area contributed by atoms with Crippen LogP contribution in [0.15, 0.2) is 12.1 Å². The Bertz CT molecular complexity index is 655. The number of alkyl halides is 1. The van der Waals surface area contributed by atoms with Gasteiger partial charge in [-0.3, -0.25) is 0 Å². The fraction of sp³-hybridized carbons (Fsp3) is 0.562. The lowest BCUT2D eigenvalue weighted by atomic mass is 9.99. The number of imidazole rings is 1. The SMILES string of the molecule is CCC1OCCC1Cn1c(CCl)nc2cc(F)c(C)cc21. The highest BCUT2D eigenvalue weighted by atomic mass is 35.5. The molecule has 2 atom stereocenters. The van der Waals surface area contributed by atoms with Crippen molar-refractivity contribution in [1.29, 1.82) is 0 Å². The van der Waals surface area contributed by atoms with Gasteiger partial charge in [-0.15, -0.1) is 11.6 Å². The Morgan fingerprint density at radius 2 is 2.29 bits per heavy atom. The predicted octanol–water partition coefficient (Wildman–Crippen LogP) is 4.04. The molecule has 3 nitrogen and oxygen atoms in total. The molecule has 0 N–H and O–H groups in total. The van der Waals surface area contributed by atoms with Crippen LogP contribution in [0.2, 0.25) is 0 Å². The van der Waals surface area contributed by atoms with Gasteiger partial charge in [0.1, 0.15) is 11.6 Å². The smallest absolute Gasteiger partial charge is 0.128 e. The molecule has 0 aliphatic carbocycles. The molecule has 1 aliphatic heterocycles. The Hall–Kier alpha value is -1.13. The molecule has 5 heteroatoms. The fourth-order valence-corrected chi connectivity index (χ4v) is 3.40. The summed E-state index contributed by atoms with van der Waals surface area (Å²) in [6.45, 7) is 5.58. The number of aryl methyl sites for hydroxylation is 1. The van der Waals surface area contributed by atoms with Crippen LogP contribution >= 0.6 is 11.6 Å². The summed E-state index contributed by atoms with van der Waals surface area (Å²) in [5.41, 5.74) is 2.28. The Morgan fingerprint density at radius 3 is 3.00 bits per heavy atom. The molecule has 0 bridgehead atoms. The van der Waals surface area contributed by atoms with E-state index in [0.29, 0.717) is 29.0 Å². The lowest BCUT2D eigenvalue weighted by Gasteiger charge is -2.19. The first-order chi connectivity index (χ1) is 10.1. The normalized spacial score (nSPS) is 22.3. The van der Waals surface area contributed by atoms with Gasteiger partial charge >= 0.3 is 0 Å². The highest BCUT2D eigenvalue weighted by Gasteiger charge is 2.28. The van der Waals surface area contributed by atoms with E-state index in [2.05, 4.69) is 16.5 Å². The Balaban J connectivity index is 2.01. The van der Waals surface area contributed by atoms with E-state index in [1.54, 1.807) is 6.92 Å². The van der Waals surface area contributed by atoms with Gasteiger partial charge in [-0.1, -0.05) is 6.92 Å². The van der Waals surface area contributed by atoms with Gasteiger partial charge in [-0.25, -0.2) is 9.37 Å². The average Bonchev–Trinajstić information content (AvgIpc) is 3.05. The van der Waals surface area contributed by atoms with Gasteiger partial charge in [0.05, 0.1) is 23.0 Å². The molecule has 3 rings (SSSR count). The maximum Gasteiger partial charge on any atom is 0.128 e. The van der Waals surface area contributed by atoms with Crippen molar-refractivity contribution in [3.8, 4) is 0 Å². The number of hydrogen-bond donors (Lipinski definition) is 0. The Labute approximate surface area is 129 Å². The van der Waals surface area contributed by atoms with E-state index in [1.807, 2.05) is 6.07 Å². The van der Waals surface area contributed by atoms with Crippen LogP contribution in [0.25, 0.3) is 11.0 Å². The average molecular weight is 311 g/mol. The summed E-state index contributed by atoms with van der Waals surface area (Å²) in [6.07, 6.45) is 2.37. The molecular weight excluding hydrogens is 291 g/mol. The van der Waals surface area contributed by atoms with Crippen molar-refractivity contribution in [3.63, 3.8) is 0 Å². The lowest BCUT2D eigenvalue weighted by Crippen LogP contribution is -2.21. The third kappa shape index (κ3) is 2.67. The monoisotopic (exact) mass is 310 g/mol. The predicted molar refractivity (Wildman–Crippen MR) is 82.1 cm³/mol. The number of fused-ring (bicyclic) bond motifs is 1. The maximum atomic E-state index is 13.7. The van der Waals surface area contributed by atoms with E-state index < -0.39 is 0 Å². The van der Waals surface area contributed by atoms with Gasteiger partial charge in [0, 0.05) is 25.1 Å². The van der Waals surface area contributed by atoms with Gasteiger partial charge in [-0.05, 0) is 31.4 Å². The largest absolute Gasteiger partial charge is 0.378 e. The zero-order valence-electron chi connectivity index (χ0n) is 12.4. The first kappa shape index (κ1) is 14.8. The summed E-state index contributed by atoms with van der Waals surface area (Å²) < 4.78 is 21.6. The topological polar surface area (TPSA) is 27.1 Å². The zero-order valence-corrected chi connectivity index (χ0v) is 13.2. The number of halogens is 2. The maximum absolute atomic E-state index is 13.7. The number of aromatic nitrogens is 2. The summed E-state index contributed by atoms with van der Waals surface area (Å²) >= 11 is 6.03. The van der Waals surface area contributed by atoms with Crippen LogP contribution in [0.1, 0.15) is 31.2 Å². The van der Waals surface area contributed by atoms with E-state index in [4.69, 9.17) is 16.3 Å². The van der Waals surface area contributed by atoms with Crippen LogP contribution in [0.4, 0.5) is 4.39 Å². The lowest BCUT2D eigenvalue weighted by molar-refractivity contribution is 0.0836. The zero-order chi connectivity index (χ0) is 15.0. The molecule has 2 aromatic rings. The van der Waals surface area contributed by atoms with Crippen LogP contribution in [0.5, 0.6) is 0 Å². The van der Waals surface area contributed by atoms with Crippen molar-refractivity contribution in [2.24, 2.45) is 5.92 Å². The van der Waals surface area contributed by atoms with Gasteiger partial charge in [-0.2, -0.15) is 0 Å². The van der Waals surface area contributed by atoms with Crippen molar-refractivity contribution in [1.82, 2.24) is 9.55 Å². The van der Waals surface area contributed by atoms with E-state index in [0.717, 1.165) is 37.3 Å². The standard InChI is InChI=1S/C16H20ClFN2O/c1-3-15-11(4-5-21-15)9-20-14-6-10(2)12(18)7-13(14)19-16(20)8-17/h6-7,11,15H,3-5,8-9H2,1-2H3. The molecule has 1 fully saturated rings. The van der Waals surface area contributed by atoms with Gasteiger partial charge in [0.15, 0.2) is 0 Å². The quantitative estimate of drug-likeness (QED) is 0.797. The highest BCUT2D eigenvalue weighted by molar-refractivity contribution is 6.16. The Kier molecular flexibility index (Phi) is 4.18. The van der Waals surface area contributed by atoms with E-state index in [-0.39, 0.29) is 5.82 Å². The molecule has 21 heavy (non-hydrogen) atoms. The van der Waals surface area contributed by atoms with Crippen LogP contribution in [-0.4, -0.2) is 22.3 Å². The summed E-state index contributed by atoms with van der Waals surface area (Å²) in [7, 11) is 0. The van der Waals surface area contributed by atoms with Gasteiger partial charge in [0.2, 0.25) is 0 Å². The molecule has 1 aliphatic rings. The van der Waals surface area contributed by atoms with E-state index >= 15 is 0 Å². The second-order valence-electron chi connectivity index (χ2n) is 5.73.